The predicted octanol–water partition coefficient (Wildman–Crippen LogP) is 2.03. The van der Waals surface area contributed by atoms with Crippen LogP contribution in [0.4, 0.5) is 0 Å². The lowest BCUT2D eigenvalue weighted by Crippen LogP contribution is -2.03. The van der Waals surface area contributed by atoms with E-state index in [1.54, 1.807) is 6.26 Å². The summed E-state index contributed by atoms with van der Waals surface area (Å²) in [6.07, 6.45) is 1.67. The maximum absolute atomic E-state index is 5.01. The van der Waals surface area contributed by atoms with Gasteiger partial charge in [-0.05, 0) is 19.2 Å². The Kier molecular flexibility index (Phi) is 5.88. The molecule has 2 nitrogen and oxygen atoms in total. The third kappa shape index (κ3) is 3.30. The summed E-state index contributed by atoms with van der Waals surface area (Å²) in [5.41, 5.74) is 0. The van der Waals surface area contributed by atoms with Gasteiger partial charge in [-0.25, -0.2) is 0 Å². The van der Waals surface area contributed by atoms with E-state index in [1.165, 1.54) is 0 Å². The van der Waals surface area contributed by atoms with Gasteiger partial charge in [0.2, 0.25) is 0 Å². The highest BCUT2D eigenvalue weighted by Gasteiger charge is 1.87. The molecule has 1 heterocycles. The molecule has 1 aromatic heterocycles. The Hall–Kier alpha value is -0.760. The lowest BCUT2D eigenvalue weighted by atomic mass is 10.4. The van der Waals surface area contributed by atoms with Gasteiger partial charge in [-0.1, -0.05) is 13.8 Å². The van der Waals surface area contributed by atoms with Crippen molar-refractivity contribution in [3.05, 3.63) is 24.2 Å². The molecule has 0 radical (unpaired) electrons. The fourth-order valence-corrected chi connectivity index (χ4v) is 0.587. The Morgan fingerprint density at radius 1 is 1.50 bits per heavy atom. The average Bonchev–Trinajstić information content (AvgIpc) is 2.46. The molecule has 1 rings (SSSR count). The van der Waals surface area contributed by atoms with E-state index in [1.807, 2.05) is 33.0 Å². The minimum absolute atomic E-state index is 0.812. The van der Waals surface area contributed by atoms with Crippen molar-refractivity contribution < 1.29 is 4.42 Å². The van der Waals surface area contributed by atoms with Gasteiger partial charge in [0, 0.05) is 0 Å². The molecule has 0 atom stereocenters. The Bertz CT molecular complexity index is 135. The van der Waals surface area contributed by atoms with Crippen LogP contribution < -0.4 is 5.32 Å². The quantitative estimate of drug-likeness (QED) is 0.681. The van der Waals surface area contributed by atoms with Crippen LogP contribution in [0.3, 0.4) is 0 Å². The second kappa shape index (κ2) is 6.36. The Morgan fingerprint density at radius 2 is 2.20 bits per heavy atom. The average molecular weight is 141 g/mol. The van der Waals surface area contributed by atoms with Gasteiger partial charge in [-0.3, -0.25) is 0 Å². The number of hydrogen-bond donors (Lipinski definition) is 1. The van der Waals surface area contributed by atoms with Gasteiger partial charge in [0.05, 0.1) is 12.8 Å². The highest BCUT2D eigenvalue weighted by Crippen LogP contribution is 1.96. The summed E-state index contributed by atoms with van der Waals surface area (Å²) in [6, 6.07) is 3.82. The van der Waals surface area contributed by atoms with Gasteiger partial charge < -0.3 is 9.73 Å². The molecule has 0 saturated carbocycles. The van der Waals surface area contributed by atoms with Gasteiger partial charge in [-0.2, -0.15) is 0 Å². The van der Waals surface area contributed by atoms with Crippen LogP contribution in [0.2, 0.25) is 0 Å². The smallest absolute Gasteiger partial charge is 0.117 e. The molecule has 2 heteroatoms. The summed E-state index contributed by atoms with van der Waals surface area (Å²) in [7, 11) is 1.89. The molecule has 10 heavy (non-hydrogen) atoms. The Morgan fingerprint density at radius 3 is 2.60 bits per heavy atom. The van der Waals surface area contributed by atoms with Crippen molar-refractivity contribution in [2.75, 3.05) is 7.05 Å². The van der Waals surface area contributed by atoms with Gasteiger partial charge in [0.1, 0.15) is 5.76 Å². The highest BCUT2D eigenvalue weighted by atomic mass is 16.3. The molecular formula is C8H15NO. The first-order valence-corrected chi connectivity index (χ1v) is 3.60. The van der Waals surface area contributed by atoms with Crippen LogP contribution in [0.5, 0.6) is 0 Å². The molecule has 0 aromatic carbocycles. The lowest BCUT2D eigenvalue weighted by molar-refractivity contribution is 0.495. The molecule has 1 N–H and O–H groups in total. The molecule has 58 valence electrons. The van der Waals surface area contributed by atoms with Crippen LogP contribution in [0.25, 0.3) is 0 Å². The maximum Gasteiger partial charge on any atom is 0.117 e. The standard InChI is InChI=1S/C6H9NO.C2H6/c1-7-5-6-3-2-4-8-6;1-2/h2-4,7H,5H2,1H3;1-2H3. The van der Waals surface area contributed by atoms with Crippen LogP contribution in [0.1, 0.15) is 19.6 Å². The van der Waals surface area contributed by atoms with Crippen molar-refractivity contribution >= 4 is 0 Å². The normalized spacial score (nSPS) is 8.30. The van der Waals surface area contributed by atoms with Gasteiger partial charge in [0.15, 0.2) is 0 Å². The fraction of sp³-hybridized carbons (Fsp3) is 0.500. The third-order valence-electron chi connectivity index (χ3n) is 0.931. The third-order valence-corrected chi connectivity index (χ3v) is 0.931. The predicted molar refractivity (Wildman–Crippen MR) is 42.8 cm³/mol. The zero-order valence-corrected chi connectivity index (χ0v) is 6.85. The van der Waals surface area contributed by atoms with Crippen molar-refractivity contribution in [2.45, 2.75) is 20.4 Å². The van der Waals surface area contributed by atoms with E-state index in [-0.39, 0.29) is 0 Å². The number of hydrogen-bond acceptors (Lipinski definition) is 2. The van der Waals surface area contributed by atoms with Crippen LogP contribution >= 0.6 is 0 Å². The van der Waals surface area contributed by atoms with Crippen molar-refractivity contribution in [2.24, 2.45) is 0 Å². The van der Waals surface area contributed by atoms with Crippen molar-refractivity contribution in [1.29, 1.82) is 0 Å². The molecule has 1 aromatic rings. The monoisotopic (exact) mass is 141 g/mol. The second-order valence-corrected chi connectivity index (χ2v) is 1.61. The maximum atomic E-state index is 5.01. The van der Waals surface area contributed by atoms with E-state index >= 15 is 0 Å². The summed E-state index contributed by atoms with van der Waals surface area (Å²) >= 11 is 0. The van der Waals surface area contributed by atoms with Crippen LogP contribution in [0.15, 0.2) is 22.8 Å². The van der Waals surface area contributed by atoms with Crippen LogP contribution in [-0.2, 0) is 6.54 Å². The Balaban J connectivity index is 0.000000371. The largest absolute Gasteiger partial charge is 0.468 e. The van der Waals surface area contributed by atoms with E-state index in [4.69, 9.17) is 4.42 Å². The lowest BCUT2D eigenvalue weighted by Gasteiger charge is -1.89. The molecule has 0 amide bonds. The summed E-state index contributed by atoms with van der Waals surface area (Å²) in [5, 5.41) is 2.98. The number of nitrogens with one attached hydrogen (secondary N) is 1. The summed E-state index contributed by atoms with van der Waals surface area (Å²) in [4.78, 5) is 0. The van der Waals surface area contributed by atoms with Crippen LogP contribution in [0, 0.1) is 0 Å². The zero-order valence-electron chi connectivity index (χ0n) is 6.85. The highest BCUT2D eigenvalue weighted by molar-refractivity contribution is 4.96. The number of rotatable bonds is 2. The molecule has 0 fully saturated rings. The minimum atomic E-state index is 0.812. The second-order valence-electron chi connectivity index (χ2n) is 1.61. The van der Waals surface area contributed by atoms with E-state index in [2.05, 4.69) is 5.32 Å². The first kappa shape index (κ1) is 9.24. The van der Waals surface area contributed by atoms with Gasteiger partial charge in [0.25, 0.3) is 0 Å². The zero-order chi connectivity index (χ0) is 7.82. The van der Waals surface area contributed by atoms with Crippen molar-refractivity contribution in [1.82, 2.24) is 5.32 Å². The molecule has 0 bridgehead atoms. The summed E-state index contributed by atoms with van der Waals surface area (Å²) in [5.74, 6) is 0.979. The molecule has 0 aliphatic rings. The van der Waals surface area contributed by atoms with E-state index in [0.29, 0.717) is 0 Å². The van der Waals surface area contributed by atoms with Crippen molar-refractivity contribution in [3.8, 4) is 0 Å². The molecule has 0 aliphatic carbocycles. The minimum Gasteiger partial charge on any atom is -0.468 e. The topological polar surface area (TPSA) is 25.2 Å². The Labute approximate surface area is 62.2 Å². The molecular weight excluding hydrogens is 126 g/mol. The molecule has 0 aliphatic heterocycles. The number of furan rings is 1. The first-order valence-electron chi connectivity index (χ1n) is 3.60. The van der Waals surface area contributed by atoms with Gasteiger partial charge in [-0.15, -0.1) is 0 Å². The van der Waals surface area contributed by atoms with Crippen molar-refractivity contribution in [3.63, 3.8) is 0 Å². The SMILES string of the molecule is CC.CNCc1ccco1. The first-order chi connectivity index (χ1) is 4.93. The summed E-state index contributed by atoms with van der Waals surface area (Å²) < 4.78 is 5.01. The van der Waals surface area contributed by atoms with E-state index in [9.17, 15) is 0 Å². The fourth-order valence-electron chi connectivity index (χ4n) is 0.587. The van der Waals surface area contributed by atoms with E-state index < -0.39 is 0 Å². The van der Waals surface area contributed by atoms with Crippen LogP contribution in [-0.4, -0.2) is 7.05 Å². The molecule has 0 saturated heterocycles. The molecule has 0 spiro atoms. The molecule has 0 unspecified atom stereocenters. The van der Waals surface area contributed by atoms with Gasteiger partial charge >= 0.3 is 0 Å². The van der Waals surface area contributed by atoms with E-state index in [0.717, 1.165) is 12.3 Å². The summed E-state index contributed by atoms with van der Waals surface area (Å²) in [6.45, 7) is 4.81.